The average Bonchev–Trinajstić information content (AvgIpc) is 2.22. The monoisotopic (exact) mass is 229 g/mol. The van der Waals surface area contributed by atoms with Gasteiger partial charge in [-0.25, -0.2) is 4.39 Å². The van der Waals surface area contributed by atoms with E-state index in [1.54, 1.807) is 6.07 Å². The Morgan fingerprint density at radius 3 is 2.67 bits per heavy atom. The number of hydrogen-bond donors (Lipinski definition) is 1. The van der Waals surface area contributed by atoms with Crippen molar-refractivity contribution in [1.82, 2.24) is 0 Å². The third kappa shape index (κ3) is 3.38. The number of nitrogens with one attached hydrogen (secondary N) is 1. The minimum atomic E-state index is -0.266. The summed E-state index contributed by atoms with van der Waals surface area (Å²) >= 11 is 5.96. The Morgan fingerprint density at radius 1 is 1.40 bits per heavy atom. The third-order valence-electron chi connectivity index (χ3n) is 2.81. The van der Waals surface area contributed by atoms with Crippen molar-refractivity contribution in [3.8, 4) is 0 Å². The first-order chi connectivity index (χ1) is 7.04. The second kappa shape index (κ2) is 5.36. The Labute approximate surface area is 95.6 Å². The summed E-state index contributed by atoms with van der Waals surface area (Å²) in [7, 11) is 0. The molecule has 2 atom stereocenters. The highest BCUT2D eigenvalue weighted by Crippen LogP contribution is 2.24. The fourth-order valence-corrected chi connectivity index (χ4v) is 1.52. The van der Waals surface area contributed by atoms with Crippen molar-refractivity contribution < 1.29 is 4.39 Å². The summed E-state index contributed by atoms with van der Waals surface area (Å²) in [6, 6.07) is 4.65. The van der Waals surface area contributed by atoms with Crippen molar-refractivity contribution in [2.75, 3.05) is 5.32 Å². The normalized spacial score (nSPS) is 14.7. The standard InChI is InChI=1S/C12H17ClFN/c1-4-8(2)9(3)15-12-7-10(14)5-6-11(12)13/h5-9,15H,4H2,1-3H3. The van der Waals surface area contributed by atoms with Crippen LogP contribution in [0.4, 0.5) is 10.1 Å². The smallest absolute Gasteiger partial charge is 0.125 e. The van der Waals surface area contributed by atoms with Crippen LogP contribution in [0.3, 0.4) is 0 Å². The molecule has 0 aromatic heterocycles. The van der Waals surface area contributed by atoms with E-state index < -0.39 is 0 Å². The second-order valence-corrected chi connectivity index (χ2v) is 4.35. The molecule has 0 aliphatic rings. The molecular weight excluding hydrogens is 213 g/mol. The van der Waals surface area contributed by atoms with E-state index in [1.807, 2.05) is 0 Å². The molecule has 0 amide bonds. The van der Waals surface area contributed by atoms with Crippen LogP contribution in [-0.4, -0.2) is 6.04 Å². The number of benzene rings is 1. The van der Waals surface area contributed by atoms with Gasteiger partial charge in [-0.15, -0.1) is 0 Å². The summed E-state index contributed by atoms with van der Waals surface area (Å²) < 4.78 is 13.0. The molecule has 1 aromatic carbocycles. The number of hydrogen-bond acceptors (Lipinski definition) is 1. The van der Waals surface area contributed by atoms with E-state index in [0.717, 1.165) is 6.42 Å². The SMILES string of the molecule is CCC(C)C(C)Nc1cc(F)ccc1Cl. The van der Waals surface area contributed by atoms with Gasteiger partial charge in [0.1, 0.15) is 5.82 Å². The van der Waals surface area contributed by atoms with Crippen LogP contribution < -0.4 is 5.32 Å². The van der Waals surface area contributed by atoms with Crippen LogP contribution in [0, 0.1) is 11.7 Å². The molecule has 0 saturated heterocycles. The van der Waals surface area contributed by atoms with Gasteiger partial charge in [0.05, 0.1) is 10.7 Å². The highest BCUT2D eigenvalue weighted by atomic mass is 35.5. The quantitative estimate of drug-likeness (QED) is 0.811. The number of anilines is 1. The molecule has 0 spiro atoms. The average molecular weight is 230 g/mol. The van der Waals surface area contributed by atoms with Crippen LogP contribution in [0.1, 0.15) is 27.2 Å². The Morgan fingerprint density at radius 2 is 2.07 bits per heavy atom. The number of rotatable bonds is 4. The summed E-state index contributed by atoms with van der Waals surface area (Å²) in [4.78, 5) is 0. The lowest BCUT2D eigenvalue weighted by Gasteiger charge is -2.21. The molecule has 3 heteroatoms. The summed E-state index contributed by atoms with van der Waals surface area (Å²) in [5.41, 5.74) is 0.671. The first kappa shape index (κ1) is 12.3. The lowest BCUT2D eigenvalue weighted by molar-refractivity contribution is 0.494. The van der Waals surface area contributed by atoms with Crippen molar-refractivity contribution in [1.29, 1.82) is 0 Å². The summed E-state index contributed by atoms with van der Waals surface area (Å²) in [5.74, 6) is 0.266. The Hall–Kier alpha value is -0.760. The van der Waals surface area contributed by atoms with Crippen molar-refractivity contribution in [3.05, 3.63) is 29.0 Å². The molecule has 0 radical (unpaired) electrons. The lowest BCUT2D eigenvalue weighted by atomic mass is 10.0. The molecule has 1 rings (SSSR count). The molecule has 0 bridgehead atoms. The van der Waals surface area contributed by atoms with Gasteiger partial charge in [-0.1, -0.05) is 31.9 Å². The van der Waals surface area contributed by atoms with E-state index in [2.05, 4.69) is 26.1 Å². The van der Waals surface area contributed by atoms with Crippen LogP contribution in [-0.2, 0) is 0 Å². The fourth-order valence-electron chi connectivity index (χ4n) is 1.35. The van der Waals surface area contributed by atoms with Gasteiger partial charge in [0.15, 0.2) is 0 Å². The van der Waals surface area contributed by atoms with Crippen molar-refractivity contribution in [2.24, 2.45) is 5.92 Å². The third-order valence-corrected chi connectivity index (χ3v) is 3.14. The van der Waals surface area contributed by atoms with Crippen molar-refractivity contribution in [2.45, 2.75) is 33.2 Å². The molecule has 0 saturated carbocycles. The molecule has 1 aromatic rings. The molecular formula is C12H17ClFN. The van der Waals surface area contributed by atoms with Crippen LogP contribution in [0.25, 0.3) is 0 Å². The van der Waals surface area contributed by atoms with E-state index in [1.165, 1.54) is 12.1 Å². The molecule has 15 heavy (non-hydrogen) atoms. The van der Waals surface area contributed by atoms with Crippen molar-refractivity contribution in [3.63, 3.8) is 0 Å². The highest BCUT2D eigenvalue weighted by molar-refractivity contribution is 6.33. The Bertz CT molecular complexity index is 327. The highest BCUT2D eigenvalue weighted by Gasteiger charge is 2.11. The zero-order valence-electron chi connectivity index (χ0n) is 9.35. The van der Waals surface area contributed by atoms with Gasteiger partial charge in [0, 0.05) is 6.04 Å². The van der Waals surface area contributed by atoms with Gasteiger partial charge in [-0.05, 0) is 31.0 Å². The zero-order chi connectivity index (χ0) is 11.4. The molecule has 2 unspecified atom stereocenters. The first-order valence-electron chi connectivity index (χ1n) is 5.26. The molecule has 0 aliphatic carbocycles. The maximum Gasteiger partial charge on any atom is 0.125 e. The van der Waals surface area contributed by atoms with Crippen LogP contribution in [0.2, 0.25) is 5.02 Å². The summed E-state index contributed by atoms with van der Waals surface area (Å²) in [6.45, 7) is 6.37. The molecule has 0 fully saturated rings. The van der Waals surface area contributed by atoms with E-state index in [4.69, 9.17) is 11.6 Å². The van der Waals surface area contributed by atoms with Gasteiger partial charge in [-0.3, -0.25) is 0 Å². The van der Waals surface area contributed by atoms with Crippen LogP contribution in [0.15, 0.2) is 18.2 Å². The topological polar surface area (TPSA) is 12.0 Å². The largest absolute Gasteiger partial charge is 0.381 e. The first-order valence-corrected chi connectivity index (χ1v) is 5.64. The molecule has 1 nitrogen and oxygen atoms in total. The van der Waals surface area contributed by atoms with Gasteiger partial charge in [0.25, 0.3) is 0 Å². The van der Waals surface area contributed by atoms with E-state index in [9.17, 15) is 4.39 Å². The lowest BCUT2D eigenvalue weighted by Crippen LogP contribution is -2.23. The maximum absolute atomic E-state index is 13.0. The molecule has 0 aliphatic heterocycles. The van der Waals surface area contributed by atoms with E-state index in [-0.39, 0.29) is 11.9 Å². The minimum Gasteiger partial charge on any atom is -0.381 e. The second-order valence-electron chi connectivity index (χ2n) is 3.94. The predicted octanol–water partition coefficient (Wildman–Crippen LogP) is 4.33. The van der Waals surface area contributed by atoms with Gasteiger partial charge in [-0.2, -0.15) is 0 Å². The molecule has 1 N–H and O–H groups in total. The Kier molecular flexibility index (Phi) is 4.40. The fraction of sp³-hybridized carbons (Fsp3) is 0.500. The van der Waals surface area contributed by atoms with Gasteiger partial charge >= 0.3 is 0 Å². The summed E-state index contributed by atoms with van der Waals surface area (Å²) in [6.07, 6.45) is 1.08. The van der Waals surface area contributed by atoms with Crippen molar-refractivity contribution >= 4 is 17.3 Å². The van der Waals surface area contributed by atoms with Crippen LogP contribution >= 0.6 is 11.6 Å². The van der Waals surface area contributed by atoms with Gasteiger partial charge < -0.3 is 5.32 Å². The van der Waals surface area contributed by atoms with Crippen LogP contribution in [0.5, 0.6) is 0 Å². The molecule has 84 valence electrons. The summed E-state index contributed by atoms with van der Waals surface area (Å²) in [5, 5.41) is 3.79. The predicted molar refractivity (Wildman–Crippen MR) is 63.9 cm³/mol. The van der Waals surface area contributed by atoms with E-state index >= 15 is 0 Å². The number of halogens is 2. The van der Waals surface area contributed by atoms with Gasteiger partial charge in [0.2, 0.25) is 0 Å². The maximum atomic E-state index is 13.0. The zero-order valence-corrected chi connectivity index (χ0v) is 10.1. The Balaban J connectivity index is 2.75. The minimum absolute atomic E-state index is 0.266. The molecule has 0 heterocycles. The van der Waals surface area contributed by atoms with E-state index in [0.29, 0.717) is 16.6 Å².